The lowest BCUT2D eigenvalue weighted by molar-refractivity contribution is -0.127. The Bertz CT molecular complexity index is 663. The molecule has 0 aliphatic carbocycles. The van der Waals surface area contributed by atoms with Crippen LogP contribution in [0.15, 0.2) is 29.1 Å². The van der Waals surface area contributed by atoms with Crippen LogP contribution in [-0.4, -0.2) is 44.7 Å². The number of nitrogens with one attached hydrogen (secondary N) is 1. The van der Waals surface area contributed by atoms with Crippen molar-refractivity contribution in [3.05, 3.63) is 36.0 Å². The number of rotatable bonds is 3. The fourth-order valence-electron chi connectivity index (χ4n) is 2.65. The van der Waals surface area contributed by atoms with E-state index in [-0.39, 0.29) is 36.0 Å². The van der Waals surface area contributed by atoms with Gasteiger partial charge in [-0.25, -0.2) is 0 Å². The monoisotopic (exact) mass is 289 g/mol. The molecule has 1 aliphatic heterocycles. The van der Waals surface area contributed by atoms with Gasteiger partial charge in [-0.3, -0.25) is 14.3 Å². The third-order valence-corrected chi connectivity index (χ3v) is 3.74. The predicted molar refractivity (Wildman–Crippen MR) is 71.1 cm³/mol. The molecule has 0 spiro atoms. The predicted octanol–water partition coefficient (Wildman–Crippen LogP) is 0.110. The van der Waals surface area contributed by atoms with Crippen LogP contribution < -0.4 is 5.32 Å². The molecule has 0 bridgehead atoms. The molecule has 2 amide bonds. The molecule has 21 heavy (non-hydrogen) atoms. The Morgan fingerprint density at radius 1 is 1.43 bits per heavy atom. The highest BCUT2D eigenvalue weighted by molar-refractivity contribution is 5.93. The number of hydrogen-bond donors (Lipinski definition) is 1. The maximum Gasteiger partial charge on any atom is 0.273 e. The Morgan fingerprint density at radius 2 is 2.24 bits per heavy atom. The van der Waals surface area contributed by atoms with Crippen LogP contribution >= 0.6 is 0 Å². The molecule has 1 saturated heterocycles. The van der Waals surface area contributed by atoms with Gasteiger partial charge in [-0.1, -0.05) is 5.16 Å². The minimum Gasteiger partial charge on any atom is -0.364 e. The average molecular weight is 289 g/mol. The van der Waals surface area contributed by atoms with Gasteiger partial charge in [0.05, 0.1) is 17.8 Å². The molecule has 1 aliphatic rings. The largest absolute Gasteiger partial charge is 0.364 e. The molecule has 0 saturated carbocycles. The Morgan fingerprint density at radius 3 is 2.86 bits per heavy atom. The zero-order chi connectivity index (χ0) is 15.0. The summed E-state index contributed by atoms with van der Waals surface area (Å²) in [6.45, 7) is 0. The molecule has 0 aromatic carbocycles. The maximum atomic E-state index is 12.1. The van der Waals surface area contributed by atoms with Crippen LogP contribution in [-0.2, 0) is 11.8 Å². The van der Waals surface area contributed by atoms with Gasteiger partial charge < -0.3 is 14.7 Å². The number of aryl methyl sites for hydroxylation is 1. The number of likely N-dealkylation sites (N-methyl/N-ethyl adjacent to an activating group) is 1. The first kappa shape index (κ1) is 13.3. The second-order valence-electron chi connectivity index (χ2n) is 5.00. The molecule has 2 atom stereocenters. The first-order valence-electron chi connectivity index (χ1n) is 6.52. The summed E-state index contributed by atoms with van der Waals surface area (Å²) in [6.07, 6.45) is 3.25. The standard InChI is InChI=1S/C13H15N5O3/c1-17-11(19)7-9(12(17)10-3-5-14-18(10)2)15-13(20)8-4-6-21-16-8/h3-6,9,12H,7H2,1-2H3,(H,15,20)/t9-,12-/m1/s1. The summed E-state index contributed by atoms with van der Waals surface area (Å²) < 4.78 is 6.36. The first-order valence-corrected chi connectivity index (χ1v) is 6.52. The molecule has 3 heterocycles. The van der Waals surface area contributed by atoms with Crippen molar-refractivity contribution in [2.24, 2.45) is 7.05 Å². The second kappa shape index (κ2) is 5.04. The van der Waals surface area contributed by atoms with Crippen molar-refractivity contribution in [1.29, 1.82) is 0 Å². The van der Waals surface area contributed by atoms with Crippen LogP contribution in [0.4, 0.5) is 0 Å². The molecule has 110 valence electrons. The van der Waals surface area contributed by atoms with E-state index in [0.717, 1.165) is 5.69 Å². The van der Waals surface area contributed by atoms with Gasteiger partial charge >= 0.3 is 0 Å². The summed E-state index contributed by atoms with van der Waals surface area (Å²) in [7, 11) is 3.53. The van der Waals surface area contributed by atoms with E-state index in [2.05, 4.69) is 20.1 Å². The normalized spacial score (nSPS) is 21.8. The van der Waals surface area contributed by atoms with Crippen molar-refractivity contribution in [3.63, 3.8) is 0 Å². The molecular formula is C13H15N5O3. The van der Waals surface area contributed by atoms with Crippen molar-refractivity contribution in [3.8, 4) is 0 Å². The third-order valence-electron chi connectivity index (χ3n) is 3.74. The fraction of sp³-hybridized carbons (Fsp3) is 0.385. The highest BCUT2D eigenvalue weighted by Crippen LogP contribution is 2.31. The van der Waals surface area contributed by atoms with E-state index in [1.54, 1.807) is 22.8 Å². The van der Waals surface area contributed by atoms with E-state index in [4.69, 9.17) is 0 Å². The summed E-state index contributed by atoms with van der Waals surface area (Å²) in [4.78, 5) is 25.7. The van der Waals surface area contributed by atoms with Crippen molar-refractivity contribution >= 4 is 11.8 Å². The zero-order valence-electron chi connectivity index (χ0n) is 11.7. The summed E-state index contributed by atoms with van der Waals surface area (Å²) >= 11 is 0. The lowest BCUT2D eigenvalue weighted by Crippen LogP contribution is -2.39. The molecule has 3 rings (SSSR count). The first-order chi connectivity index (χ1) is 10.1. The van der Waals surface area contributed by atoms with E-state index in [9.17, 15) is 9.59 Å². The molecular weight excluding hydrogens is 274 g/mol. The van der Waals surface area contributed by atoms with E-state index in [1.165, 1.54) is 12.3 Å². The Kier molecular flexibility index (Phi) is 3.20. The summed E-state index contributed by atoms with van der Waals surface area (Å²) in [5.41, 5.74) is 1.06. The van der Waals surface area contributed by atoms with Crippen molar-refractivity contribution in [2.75, 3.05) is 7.05 Å². The summed E-state index contributed by atoms with van der Waals surface area (Å²) in [5, 5.41) is 10.6. The van der Waals surface area contributed by atoms with Crippen LogP contribution in [0.2, 0.25) is 0 Å². The van der Waals surface area contributed by atoms with Crippen LogP contribution in [0.25, 0.3) is 0 Å². The van der Waals surface area contributed by atoms with E-state index in [0.29, 0.717) is 0 Å². The van der Waals surface area contributed by atoms with Crippen LogP contribution in [0.1, 0.15) is 28.6 Å². The van der Waals surface area contributed by atoms with E-state index in [1.807, 2.05) is 13.1 Å². The number of amides is 2. The maximum absolute atomic E-state index is 12.1. The van der Waals surface area contributed by atoms with Crippen molar-refractivity contribution < 1.29 is 14.1 Å². The van der Waals surface area contributed by atoms with Crippen molar-refractivity contribution in [2.45, 2.75) is 18.5 Å². The van der Waals surface area contributed by atoms with Crippen LogP contribution in [0, 0.1) is 0 Å². The smallest absolute Gasteiger partial charge is 0.273 e. The lowest BCUT2D eigenvalue weighted by Gasteiger charge is -2.25. The molecule has 1 N–H and O–H groups in total. The van der Waals surface area contributed by atoms with Crippen LogP contribution in [0.3, 0.4) is 0 Å². The Balaban J connectivity index is 1.84. The molecule has 1 fully saturated rings. The minimum atomic E-state index is -0.357. The second-order valence-corrected chi connectivity index (χ2v) is 5.00. The number of likely N-dealkylation sites (tertiary alicyclic amines) is 1. The molecule has 2 aromatic heterocycles. The molecule has 0 unspecified atom stereocenters. The van der Waals surface area contributed by atoms with Crippen molar-refractivity contribution in [1.82, 2.24) is 25.2 Å². The quantitative estimate of drug-likeness (QED) is 0.865. The fourth-order valence-corrected chi connectivity index (χ4v) is 2.65. The third kappa shape index (κ3) is 2.28. The van der Waals surface area contributed by atoms with Gasteiger partial charge in [-0.05, 0) is 6.07 Å². The minimum absolute atomic E-state index is 0.0216. The van der Waals surface area contributed by atoms with Gasteiger partial charge in [0.25, 0.3) is 5.91 Å². The summed E-state index contributed by atoms with van der Waals surface area (Å²) in [6, 6.07) is 2.74. The highest BCUT2D eigenvalue weighted by Gasteiger charge is 2.41. The number of hydrogen-bond acceptors (Lipinski definition) is 5. The topological polar surface area (TPSA) is 93.3 Å². The number of carbonyl (C=O) groups is 2. The average Bonchev–Trinajstić information content (AvgIpc) is 3.14. The molecule has 2 aromatic rings. The van der Waals surface area contributed by atoms with Crippen LogP contribution in [0.5, 0.6) is 0 Å². The highest BCUT2D eigenvalue weighted by atomic mass is 16.5. The number of carbonyl (C=O) groups excluding carboxylic acids is 2. The number of nitrogens with zero attached hydrogens (tertiary/aromatic N) is 4. The van der Waals surface area contributed by atoms with Gasteiger partial charge in [-0.15, -0.1) is 0 Å². The van der Waals surface area contributed by atoms with Gasteiger partial charge in [0.2, 0.25) is 5.91 Å². The molecule has 0 radical (unpaired) electrons. The van der Waals surface area contributed by atoms with Gasteiger partial charge in [0.1, 0.15) is 6.26 Å². The SMILES string of the molecule is CN1C(=O)C[C@@H](NC(=O)c2ccon2)[C@@H]1c1ccnn1C. The molecule has 8 nitrogen and oxygen atoms in total. The molecule has 8 heteroatoms. The van der Waals surface area contributed by atoms with Gasteiger partial charge in [-0.2, -0.15) is 5.10 Å². The van der Waals surface area contributed by atoms with Gasteiger partial charge in [0.15, 0.2) is 5.69 Å². The zero-order valence-corrected chi connectivity index (χ0v) is 11.7. The Hall–Kier alpha value is -2.64. The van der Waals surface area contributed by atoms with E-state index >= 15 is 0 Å². The lowest BCUT2D eigenvalue weighted by atomic mass is 10.1. The summed E-state index contributed by atoms with van der Waals surface area (Å²) in [5.74, 6) is -0.379. The Labute approximate surface area is 120 Å². The van der Waals surface area contributed by atoms with E-state index < -0.39 is 0 Å². The number of aromatic nitrogens is 3. The van der Waals surface area contributed by atoms with Gasteiger partial charge in [0, 0.05) is 32.8 Å².